The van der Waals surface area contributed by atoms with Crippen molar-refractivity contribution in [3.63, 3.8) is 0 Å². The number of hydrogen-bond acceptors (Lipinski definition) is 6. The second-order valence-corrected chi connectivity index (χ2v) is 8.13. The van der Waals surface area contributed by atoms with Crippen molar-refractivity contribution in [2.75, 3.05) is 14.2 Å². The first-order valence-corrected chi connectivity index (χ1v) is 11.4. The highest BCUT2D eigenvalue weighted by Gasteiger charge is 2.33. The van der Waals surface area contributed by atoms with Gasteiger partial charge in [0.1, 0.15) is 5.75 Å². The molecule has 0 radical (unpaired) electrons. The van der Waals surface area contributed by atoms with Gasteiger partial charge in [0.2, 0.25) is 17.7 Å². The maximum atomic E-state index is 13.2. The van der Waals surface area contributed by atoms with Gasteiger partial charge < -0.3 is 14.8 Å². The van der Waals surface area contributed by atoms with Crippen LogP contribution >= 0.6 is 0 Å². The van der Waals surface area contributed by atoms with Gasteiger partial charge in [0.25, 0.3) is 0 Å². The van der Waals surface area contributed by atoms with Crippen LogP contribution in [0.4, 0.5) is 0 Å². The van der Waals surface area contributed by atoms with Gasteiger partial charge in [-0.3, -0.25) is 9.59 Å². The summed E-state index contributed by atoms with van der Waals surface area (Å²) in [4.78, 5) is 29.7. The summed E-state index contributed by atoms with van der Waals surface area (Å²) in [6.45, 7) is 0.334. The Labute approximate surface area is 204 Å². The second-order valence-electron chi connectivity index (χ2n) is 8.13. The normalized spacial score (nSPS) is 14.9. The molecule has 1 atom stereocenters. The predicted octanol–water partition coefficient (Wildman–Crippen LogP) is 3.87. The number of carbonyl (C=O) groups excluding carboxylic acids is 2. The molecule has 1 N–H and O–H groups in total. The first kappa shape index (κ1) is 23.9. The van der Waals surface area contributed by atoms with Crippen molar-refractivity contribution >= 4 is 17.5 Å². The van der Waals surface area contributed by atoms with Crippen molar-refractivity contribution in [2.24, 2.45) is 5.10 Å². The SMILES string of the molecule is COc1ccc(C2CC(c3ccccc3)=NN2C(=O)CCC(=O)NCc2ccnc(OC)c2)cc1. The van der Waals surface area contributed by atoms with Crippen LogP contribution in [0.2, 0.25) is 0 Å². The lowest BCUT2D eigenvalue weighted by atomic mass is 9.98. The summed E-state index contributed by atoms with van der Waals surface area (Å²) in [5.74, 6) is 0.828. The van der Waals surface area contributed by atoms with Crippen molar-refractivity contribution < 1.29 is 19.1 Å². The van der Waals surface area contributed by atoms with Crippen LogP contribution in [0, 0.1) is 0 Å². The third kappa shape index (κ3) is 6.03. The van der Waals surface area contributed by atoms with E-state index in [0.29, 0.717) is 18.8 Å². The molecule has 0 saturated carbocycles. The number of carbonyl (C=O) groups is 2. The van der Waals surface area contributed by atoms with Gasteiger partial charge in [0.05, 0.1) is 26.0 Å². The number of nitrogens with one attached hydrogen (secondary N) is 1. The molecule has 1 unspecified atom stereocenters. The van der Waals surface area contributed by atoms with Gasteiger partial charge in [-0.05, 0) is 34.9 Å². The Kier molecular flexibility index (Phi) is 7.72. The van der Waals surface area contributed by atoms with E-state index in [0.717, 1.165) is 28.2 Å². The van der Waals surface area contributed by atoms with E-state index in [1.807, 2.05) is 54.6 Å². The molecule has 0 saturated heterocycles. The molecule has 8 heteroatoms. The topological polar surface area (TPSA) is 93.1 Å². The number of amides is 2. The molecule has 0 aliphatic carbocycles. The lowest BCUT2D eigenvalue weighted by molar-refractivity contribution is -0.135. The standard InChI is InChI=1S/C27H28N4O4/c1-34-22-10-8-21(9-11-22)24-17-23(20-6-4-3-5-7-20)30-31(24)27(33)13-12-25(32)29-18-19-14-15-28-26(16-19)35-2/h3-11,14-16,24H,12-13,17-18H2,1-2H3,(H,29,32). The van der Waals surface area contributed by atoms with Crippen LogP contribution in [0.15, 0.2) is 78.0 Å². The van der Waals surface area contributed by atoms with Crippen molar-refractivity contribution in [3.8, 4) is 11.6 Å². The van der Waals surface area contributed by atoms with E-state index < -0.39 is 0 Å². The van der Waals surface area contributed by atoms with Crippen LogP contribution in [0.5, 0.6) is 11.6 Å². The summed E-state index contributed by atoms with van der Waals surface area (Å²) in [6, 6.07) is 20.8. The van der Waals surface area contributed by atoms with Crippen molar-refractivity contribution in [1.82, 2.24) is 15.3 Å². The number of benzene rings is 2. The molecule has 0 bridgehead atoms. The Morgan fingerprint density at radius 1 is 1.00 bits per heavy atom. The van der Waals surface area contributed by atoms with E-state index in [1.165, 1.54) is 5.01 Å². The highest BCUT2D eigenvalue weighted by Crippen LogP contribution is 2.34. The lowest BCUT2D eigenvalue weighted by Gasteiger charge is -2.22. The number of rotatable bonds is 9. The first-order valence-electron chi connectivity index (χ1n) is 11.4. The molecule has 35 heavy (non-hydrogen) atoms. The van der Waals surface area contributed by atoms with Gasteiger partial charge in [-0.2, -0.15) is 5.10 Å². The van der Waals surface area contributed by atoms with Crippen LogP contribution in [0.25, 0.3) is 0 Å². The van der Waals surface area contributed by atoms with E-state index in [-0.39, 0.29) is 30.7 Å². The zero-order valence-electron chi connectivity index (χ0n) is 19.8. The van der Waals surface area contributed by atoms with Crippen LogP contribution < -0.4 is 14.8 Å². The van der Waals surface area contributed by atoms with Crippen LogP contribution in [0.3, 0.4) is 0 Å². The summed E-state index contributed by atoms with van der Waals surface area (Å²) in [5, 5.41) is 9.03. The molecule has 8 nitrogen and oxygen atoms in total. The number of pyridine rings is 1. The van der Waals surface area contributed by atoms with Crippen LogP contribution in [-0.4, -0.2) is 41.7 Å². The van der Waals surface area contributed by atoms with E-state index >= 15 is 0 Å². The summed E-state index contributed by atoms with van der Waals surface area (Å²) in [5.41, 5.74) is 3.65. The number of methoxy groups -OCH3 is 2. The summed E-state index contributed by atoms with van der Waals surface area (Å²) >= 11 is 0. The molecule has 2 heterocycles. The number of hydrazone groups is 1. The molecule has 1 aliphatic rings. The quantitative estimate of drug-likeness (QED) is 0.510. The molecule has 0 fully saturated rings. The molecule has 2 aromatic carbocycles. The third-order valence-corrected chi connectivity index (χ3v) is 5.84. The lowest BCUT2D eigenvalue weighted by Crippen LogP contribution is -2.29. The van der Waals surface area contributed by atoms with Gasteiger partial charge in [-0.1, -0.05) is 42.5 Å². The van der Waals surface area contributed by atoms with Crippen molar-refractivity contribution in [2.45, 2.75) is 31.8 Å². The molecular formula is C27H28N4O4. The Hall–Kier alpha value is -4.20. The zero-order valence-corrected chi connectivity index (χ0v) is 19.8. The highest BCUT2D eigenvalue weighted by molar-refractivity contribution is 6.03. The second kappa shape index (κ2) is 11.3. The predicted molar refractivity (Wildman–Crippen MR) is 132 cm³/mol. The van der Waals surface area contributed by atoms with E-state index in [2.05, 4.69) is 15.4 Å². The van der Waals surface area contributed by atoms with Gasteiger partial charge in [0.15, 0.2) is 0 Å². The van der Waals surface area contributed by atoms with Crippen molar-refractivity contribution in [1.29, 1.82) is 0 Å². The fraction of sp³-hybridized carbons (Fsp3) is 0.259. The summed E-state index contributed by atoms with van der Waals surface area (Å²) in [7, 11) is 3.16. The fourth-order valence-corrected chi connectivity index (χ4v) is 3.93. The Morgan fingerprint density at radius 2 is 1.77 bits per heavy atom. The van der Waals surface area contributed by atoms with Crippen molar-refractivity contribution in [3.05, 3.63) is 89.6 Å². The van der Waals surface area contributed by atoms with Crippen LogP contribution in [-0.2, 0) is 16.1 Å². The zero-order chi connectivity index (χ0) is 24.6. The Balaban J connectivity index is 1.42. The maximum Gasteiger partial charge on any atom is 0.243 e. The summed E-state index contributed by atoms with van der Waals surface area (Å²) < 4.78 is 10.4. The van der Waals surface area contributed by atoms with E-state index in [1.54, 1.807) is 32.5 Å². The molecule has 3 aromatic rings. The minimum absolute atomic E-state index is 0.0593. The fourth-order valence-electron chi connectivity index (χ4n) is 3.93. The first-order chi connectivity index (χ1) is 17.1. The number of ether oxygens (including phenoxy) is 2. The van der Waals surface area contributed by atoms with Gasteiger partial charge in [0, 0.05) is 38.1 Å². The largest absolute Gasteiger partial charge is 0.497 e. The average molecular weight is 473 g/mol. The molecule has 1 aromatic heterocycles. The maximum absolute atomic E-state index is 13.2. The van der Waals surface area contributed by atoms with Gasteiger partial charge in [-0.15, -0.1) is 0 Å². The highest BCUT2D eigenvalue weighted by atomic mass is 16.5. The molecule has 0 spiro atoms. The minimum atomic E-state index is -0.240. The van der Waals surface area contributed by atoms with Gasteiger partial charge in [-0.25, -0.2) is 9.99 Å². The number of nitrogens with zero attached hydrogens (tertiary/aromatic N) is 3. The van der Waals surface area contributed by atoms with Crippen LogP contribution in [0.1, 0.15) is 42.0 Å². The molecule has 2 amide bonds. The molecule has 4 rings (SSSR count). The molecular weight excluding hydrogens is 444 g/mol. The molecule has 1 aliphatic heterocycles. The third-order valence-electron chi connectivity index (χ3n) is 5.84. The van der Waals surface area contributed by atoms with Gasteiger partial charge >= 0.3 is 0 Å². The number of hydrogen-bond donors (Lipinski definition) is 1. The monoisotopic (exact) mass is 472 g/mol. The smallest absolute Gasteiger partial charge is 0.243 e. The average Bonchev–Trinajstić information content (AvgIpc) is 3.37. The van der Waals surface area contributed by atoms with E-state index in [4.69, 9.17) is 9.47 Å². The Bertz CT molecular complexity index is 1200. The van der Waals surface area contributed by atoms with E-state index in [9.17, 15) is 9.59 Å². The molecule has 180 valence electrons. The summed E-state index contributed by atoms with van der Waals surface area (Å²) in [6.07, 6.45) is 2.35. The number of aromatic nitrogens is 1. The minimum Gasteiger partial charge on any atom is -0.497 e. The Morgan fingerprint density at radius 3 is 2.49 bits per heavy atom.